The van der Waals surface area contributed by atoms with Crippen molar-refractivity contribution in [3.05, 3.63) is 59.4 Å². The third kappa shape index (κ3) is 2.87. The summed E-state index contributed by atoms with van der Waals surface area (Å²) in [6.07, 6.45) is 3.49. The number of aryl methyl sites for hydroxylation is 1. The molecular weight excluding hydrogens is 224 g/mol. The Labute approximate surface area is 108 Å². The van der Waals surface area contributed by atoms with Crippen molar-refractivity contribution in [2.45, 2.75) is 19.9 Å². The van der Waals surface area contributed by atoms with Gasteiger partial charge in [-0.1, -0.05) is 29.8 Å². The van der Waals surface area contributed by atoms with Gasteiger partial charge >= 0.3 is 0 Å². The number of hydrogen-bond donors (Lipinski definition) is 1. The van der Waals surface area contributed by atoms with E-state index in [-0.39, 0.29) is 6.04 Å². The maximum Gasteiger partial charge on any atom is 0.137 e. The zero-order chi connectivity index (χ0) is 13.0. The van der Waals surface area contributed by atoms with Crippen molar-refractivity contribution in [3.63, 3.8) is 0 Å². The second-order valence-electron chi connectivity index (χ2n) is 4.28. The highest BCUT2D eigenvalue weighted by Gasteiger charge is 2.10. The summed E-state index contributed by atoms with van der Waals surface area (Å²) in [5, 5.41) is 0. The van der Waals surface area contributed by atoms with Crippen LogP contribution in [0.15, 0.2) is 42.7 Å². The highest BCUT2D eigenvalue weighted by molar-refractivity contribution is 5.35. The van der Waals surface area contributed by atoms with E-state index in [1.807, 2.05) is 25.1 Å². The van der Waals surface area contributed by atoms with E-state index in [9.17, 15) is 0 Å². The van der Waals surface area contributed by atoms with Crippen LogP contribution in [0.5, 0.6) is 5.75 Å². The Morgan fingerprint density at radius 3 is 2.78 bits per heavy atom. The molecule has 1 aromatic heterocycles. The molecular formula is C15H18N2O. The van der Waals surface area contributed by atoms with Gasteiger partial charge in [0.2, 0.25) is 0 Å². The molecule has 0 spiro atoms. The van der Waals surface area contributed by atoms with Gasteiger partial charge in [0.25, 0.3) is 0 Å². The summed E-state index contributed by atoms with van der Waals surface area (Å²) in [5.41, 5.74) is 9.51. The predicted octanol–water partition coefficient (Wildman–Crippen LogP) is 2.84. The minimum Gasteiger partial charge on any atom is -0.492 e. The van der Waals surface area contributed by atoms with E-state index in [1.165, 1.54) is 5.56 Å². The molecule has 2 aromatic rings. The predicted molar refractivity (Wildman–Crippen MR) is 72.6 cm³/mol. The number of nitrogens with two attached hydrogens (primary N) is 1. The Morgan fingerprint density at radius 2 is 2.06 bits per heavy atom. The Morgan fingerprint density at radius 1 is 1.22 bits per heavy atom. The first-order valence-corrected chi connectivity index (χ1v) is 6.10. The Kier molecular flexibility index (Phi) is 3.95. The first kappa shape index (κ1) is 12.6. The van der Waals surface area contributed by atoms with E-state index >= 15 is 0 Å². The van der Waals surface area contributed by atoms with Gasteiger partial charge in [-0.25, -0.2) is 0 Å². The van der Waals surface area contributed by atoms with Crippen LogP contribution >= 0.6 is 0 Å². The van der Waals surface area contributed by atoms with Crippen molar-refractivity contribution < 1.29 is 4.74 Å². The minimum absolute atomic E-state index is 0.169. The van der Waals surface area contributed by atoms with Crippen LogP contribution in [0.25, 0.3) is 0 Å². The van der Waals surface area contributed by atoms with Gasteiger partial charge in [0.1, 0.15) is 5.75 Å². The second kappa shape index (κ2) is 5.65. The molecule has 0 saturated carbocycles. The largest absolute Gasteiger partial charge is 0.492 e. The van der Waals surface area contributed by atoms with Gasteiger partial charge in [-0.3, -0.25) is 4.98 Å². The summed E-state index contributed by atoms with van der Waals surface area (Å²) in [4.78, 5) is 4.17. The smallest absolute Gasteiger partial charge is 0.137 e. The van der Waals surface area contributed by atoms with Crippen LogP contribution in [0.4, 0.5) is 0 Å². The van der Waals surface area contributed by atoms with Gasteiger partial charge in [0, 0.05) is 6.20 Å². The lowest BCUT2D eigenvalue weighted by atomic mass is 9.99. The molecule has 18 heavy (non-hydrogen) atoms. The molecule has 1 heterocycles. The van der Waals surface area contributed by atoms with Crippen LogP contribution in [0.3, 0.4) is 0 Å². The van der Waals surface area contributed by atoms with Crippen LogP contribution in [0.2, 0.25) is 0 Å². The number of aromatic nitrogens is 1. The van der Waals surface area contributed by atoms with Crippen LogP contribution in [-0.2, 0) is 0 Å². The van der Waals surface area contributed by atoms with Gasteiger partial charge in [-0.15, -0.1) is 0 Å². The van der Waals surface area contributed by atoms with Gasteiger partial charge in [0.05, 0.1) is 18.8 Å². The summed E-state index contributed by atoms with van der Waals surface area (Å²) in [7, 11) is 0. The molecule has 0 saturated heterocycles. The molecule has 1 unspecified atom stereocenters. The molecule has 1 atom stereocenters. The van der Waals surface area contributed by atoms with Crippen LogP contribution < -0.4 is 10.5 Å². The summed E-state index contributed by atoms with van der Waals surface area (Å²) in [5.74, 6) is 0.762. The van der Waals surface area contributed by atoms with Gasteiger partial charge < -0.3 is 10.5 Å². The summed E-state index contributed by atoms with van der Waals surface area (Å²) in [6.45, 7) is 4.64. The standard InChI is InChI=1S/C15H18N2O/c1-3-18-14-8-13(9-17-10-14)15(16)12-6-4-5-11(2)7-12/h4-10,15H,3,16H2,1-2H3. The fourth-order valence-electron chi connectivity index (χ4n) is 1.91. The van der Waals surface area contributed by atoms with Crippen LogP contribution in [0, 0.1) is 6.92 Å². The number of pyridine rings is 1. The zero-order valence-corrected chi connectivity index (χ0v) is 10.8. The van der Waals surface area contributed by atoms with E-state index in [0.29, 0.717) is 6.61 Å². The fourth-order valence-corrected chi connectivity index (χ4v) is 1.91. The van der Waals surface area contributed by atoms with E-state index in [2.05, 4.69) is 24.0 Å². The molecule has 0 fully saturated rings. The Bertz CT molecular complexity index is 525. The van der Waals surface area contributed by atoms with E-state index in [4.69, 9.17) is 10.5 Å². The maximum atomic E-state index is 6.25. The molecule has 3 nitrogen and oxygen atoms in total. The Balaban J connectivity index is 2.27. The molecule has 0 aliphatic heterocycles. The SMILES string of the molecule is CCOc1cncc(C(N)c2cccc(C)c2)c1. The lowest BCUT2D eigenvalue weighted by Gasteiger charge is -2.14. The van der Waals surface area contributed by atoms with Crippen molar-refractivity contribution >= 4 is 0 Å². The molecule has 0 amide bonds. The number of ether oxygens (including phenoxy) is 1. The average Bonchev–Trinajstić information content (AvgIpc) is 2.39. The van der Waals surface area contributed by atoms with Crippen molar-refractivity contribution in [1.29, 1.82) is 0 Å². The Hall–Kier alpha value is -1.87. The van der Waals surface area contributed by atoms with Crippen molar-refractivity contribution in [2.75, 3.05) is 6.61 Å². The van der Waals surface area contributed by atoms with Crippen molar-refractivity contribution in [3.8, 4) is 5.75 Å². The zero-order valence-electron chi connectivity index (χ0n) is 10.8. The fraction of sp³-hybridized carbons (Fsp3) is 0.267. The normalized spacial score (nSPS) is 12.2. The number of hydrogen-bond acceptors (Lipinski definition) is 3. The molecule has 0 aliphatic rings. The van der Waals surface area contributed by atoms with Gasteiger partial charge in [0.15, 0.2) is 0 Å². The summed E-state index contributed by atoms with van der Waals surface area (Å²) >= 11 is 0. The first-order valence-electron chi connectivity index (χ1n) is 6.10. The minimum atomic E-state index is -0.169. The topological polar surface area (TPSA) is 48.1 Å². The van der Waals surface area contributed by atoms with E-state index < -0.39 is 0 Å². The molecule has 3 heteroatoms. The van der Waals surface area contributed by atoms with Crippen molar-refractivity contribution in [2.24, 2.45) is 5.73 Å². The quantitative estimate of drug-likeness (QED) is 0.896. The molecule has 0 radical (unpaired) electrons. The van der Waals surface area contributed by atoms with Gasteiger partial charge in [-0.05, 0) is 31.0 Å². The van der Waals surface area contributed by atoms with Crippen LogP contribution in [0.1, 0.15) is 29.7 Å². The first-order chi connectivity index (χ1) is 8.70. The van der Waals surface area contributed by atoms with E-state index in [1.54, 1.807) is 12.4 Å². The van der Waals surface area contributed by atoms with E-state index in [0.717, 1.165) is 16.9 Å². The van der Waals surface area contributed by atoms with Crippen molar-refractivity contribution in [1.82, 2.24) is 4.98 Å². The molecule has 94 valence electrons. The third-order valence-electron chi connectivity index (χ3n) is 2.81. The monoisotopic (exact) mass is 242 g/mol. The average molecular weight is 242 g/mol. The number of benzene rings is 1. The third-order valence-corrected chi connectivity index (χ3v) is 2.81. The second-order valence-corrected chi connectivity index (χ2v) is 4.28. The lowest BCUT2D eigenvalue weighted by Crippen LogP contribution is -2.12. The lowest BCUT2D eigenvalue weighted by molar-refractivity contribution is 0.338. The molecule has 2 rings (SSSR count). The highest BCUT2D eigenvalue weighted by Crippen LogP contribution is 2.22. The molecule has 2 N–H and O–H groups in total. The van der Waals surface area contributed by atoms with Gasteiger partial charge in [-0.2, -0.15) is 0 Å². The molecule has 0 bridgehead atoms. The number of nitrogens with zero attached hydrogens (tertiary/aromatic N) is 1. The molecule has 1 aromatic carbocycles. The van der Waals surface area contributed by atoms with Crippen LogP contribution in [-0.4, -0.2) is 11.6 Å². The maximum absolute atomic E-state index is 6.25. The summed E-state index contributed by atoms with van der Waals surface area (Å²) < 4.78 is 5.44. The number of rotatable bonds is 4. The molecule has 0 aliphatic carbocycles. The summed E-state index contributed by atoms with van der Waals surface area (Å²) in [6, 6.07) is 9.99. The highest BCUT2D eigenvalue weighted by atomic mass is 16.5.